The van der Waals surface area contributed by atoms with Gasteiger partial charge in [0, 0.05) is 34.2 Å². The van der Waals surface area contributed by atoms with Crippen molar-refractivity contribution >= 4 is 17.0 Å². The standard InChI is InChI=1S/C52H48FN/c1-35-31-44(37-11-5-3-6-12-37)26-25-43(35)33-49(41-21-17-38(18-22-41)39-27-29-46(53)30-28-39)42-23-19-40(20-24-42)45-32-36(2)52-50(34-45)48-15-9-10-16-51(48)54(52)47-13-7-4-8-14-47/h3-5,7-11,13-19,21-23,25-31,34-36,43,49H,6,12,20,24,32-33H2,1-2H3/t35?,36?,43?,49-/m0/s1. The predicted molar refractivity (Wildman–Crippen MR) is 225 cm³/mol. The number of aromatic nitrogens is 1. The molecule has 1 aromatic heterocycles. The molecule has 268 valence electrons. The van der Waals surface area contributed by atoms with E-state index in [-0.39, 0.29) is 5.82 Å². The largest absolute Gasteiger partial charge is 0.313 e. The van der Waals surface area contributed by atoms with Crippen LogP contribution in [0.4, 0.5) is 4.39 Å². The van der Waals surface area contributed by atoms with Crippen molar-refractivity contribution in [3.05, 3.63) is 202 Å². The summed E-state index contributed by atoms with van der Waals surface area (Å²) in [7, 11) is 0. The van der Waals surface area contributed by atoms with Crippen molar-refractivity contribution in [1.82, 2.24) is 4.57 Å². The first-order chi connectivity index (χ1) is 26.5. The second-order valence-corrected chi connectivity index (χ2v) is 15.8. The van der Waals surface area contributed by atoms with Gasteiger partial charge in [-0.15, -0.1) is 0 Å². The van der Waals surface area contributed by atoms with Crippen molar-refractivity contribution in [3.8, 4) is 16.8 Å². The third-order valence-corrected chi connectivity index (χ3v) is 12.3. The number of fused-ring (bicyclic) bond motifs is 3. The molecule has 3 unspecified atom stereocenters. The summed E-state index contributed by atoms with van der Waals surface area (Å²) in [5, 5.41) is 1.33. The zero-order valence-corrected chi connectivity index (χ0v) is 31.4. The molecule has 0 fully saturated rings. The van der Waals surface area contributed by atoms with E-state index in [1.807, 2.05) is 12.1 Å². The molecule has 0 amide bonds. The van der Waals surface area contributed by atoms with Gasteiger partial charge in [0.05, 0.1) is 5.52 Å². The second-order valence-electron chi connectivity index (χ2n) is 15.8. The van der Waals surface area contributed by atoms with Crippen LogP contribution in [0.1, 0.15) is 81.0 Å². The summed E-state index contributed by atoms with van der Waals surface area (Å²) in [6.07, 6.45) is 28.1. The fourth-order valence-electron chi connectivity index (χ4n) is 9.41. The predicted octanol–water partition coefficient (Wildman–Crippen LogP) is 14.2. The first kappa shape index (κ1) is 34.3. The minimum atomic E-state index is -0.201. The fraction of sp³-hybridized carbons (Fsp3) is 0.231. The summed E-state index contributed by atoms with van der Waals surface area (Å²) >= 11 is 0. The Balaban J connectivity index is 1.04. The van der Waals surface area contributed by atoms with Gasteiger partial charge in [-0.3, -0.25) is 0 Å². The lowest BCUT2D eigenvalue weighted by atomic mass is 9.73. The summed E-state index contributed by atoms with van der Waals surface area (Å²) in [5.41, 5.74) is 16.2. The van der Waals surface area contributed by atoms with E-state index in [2.05, 4.69) is 152 Å². The molecule has 9 rings (SSSR count). The van der Waals surface area contributed by atoms with E-state index in [4.69, 9.17) is 0 Å². The van der Waals surface area contributed by atoms with E-state index in [1.165, 1.54) is 61.3 Å². The first-order valence-corrected chi connectivity index (χ1v) is 19.9. The van der Waals surface area contributed by atoms with Crippen LogP contribution in [0.2, 0.25) is 0 Å². The van der Waals surface area contributed by atoms with Crippen molar-refractivity contribution in [1.29, 1.82) is 0 Å². The third-order valence-electron chi connectivity index (χ3n) is 12.3. The number of benzene rings is 4. The Morgan fingerprint density at radius 1 is 0.741 bits per heavy atom. The van der Waals surface area contributed by atoms with E-state index in [0.717, 1.165) is 49.7 Å². The molecular formula is C52H48FN. The van der Waals surface area contributed by atoms with Crippen molar-refractivity contribution < 1.29 is 4.39 Å². The highest BCUT2D eigenvalue weighted by Gasteiger charge is 2.30. The molecule has 4 aliphatic rings. The van der Waals surface area contributed by atoms with Gasteiger partial charge in [-0.25, -0.2) is 4.39 Å². The van der Waals surface area contributed by atoms with Crippen LogP contribution in [0.3, 0.4) is 0 Å². The highest BCUT2D eigenvalue weighted by Crippen LogP contribution is 2.46. The maximum Gasteiger partial charge on any atom is 0.123 e. The summed E-state index contributed by atoms with van der Waals surface area (Å²) in [4.78, 5) is 0. The maximum absolute atomic E-state index is 13.7. The van der Waals surface area contributed by atoms with Crippen molar-refractivity contribution in [2.45, 2.75) is 64.2 Å². The van der Waals surface area contributed by atoms with Crippen LogP contribution in [0.15, 0.2) is 180 Å². The van der Waals surface area contributed by atoms with E-state index in [0.29, 0.717) is 23.7 Å². The minimum Gasteiger partial charge on any atom is -0.313 e. The molecule has 0 N–H and O–H groups in total. The molecule has 4 aliphatic carbocycles. The highest BCUT2D eigenvalue weighted by atomic mass is 19.1. The summed E-state index contributed by atoms with van der Waals surface area (Å²) in [6, 6.07) is 35.7. The van der Waals surface area contributed by atoms with Gasteiger partial charge in [-0.2, -0.15) is 0 Å². The molecule has 0 spiro atoms. The molecule has 0 radical (unpaired) electrons. The lowest BCUT2D eigenvalue weighted by Crippen LogP contribution is -2.18. The Hall–Kier alpha value is -5.47. The van der Waals surface area contributed by atoms with Gasteiger partial charge in [-0.1, -0.05) is 141 Å². The van der Waals surface area contributed by atoms with Crippen LogP contribution in [-0.4, -0.2) is 4.57 Å². The molecule has 54 heavy (non-hydrogen) atoms. The molecule has 5 aromatic rings. The van der Waals surface area contributed by atoms with Crippen LogP contribution in [0, 0.1) is 17.7 Å². The lowest BCUT2D eigenvalue weighted by molar-refractivity contribution is 0.439. The Bertz CT molecular complexity index is 2410. The number of nitrogens with zero attached hydrogens (tertiary/aromatic N) is 1. The third kappa shape index (κ3) is 6.64. The topological polar surface area (TPSA) is 4.93 Å². The Morgan fingerprint density at radius 3 is 2.22 bits per heavy atom. The van der Waals surface area contributed by atoms with Crippen LogP contribution < -0.4 is 0 Å². The molecule has 4 atom stereocenters. The van der Waals surface area contributed by atoms with Crippen LogP contribution in [0.25, 0.3) is 33.8 Å². The number of allylic oxidation sites excluding steroid dienone is 13. The molecule has 0 bridgehead atoms. The van der Waals surface area contributed by atoms with E-state index < -0.39 is 0 Å². The molecule has 1 heterocycles. The van der Waals surface area contributed by atoms with Gasteiger partial charge < -0.3 is 4.57 Å². The van der Waals surface area contributed by atoms with Crippen molar-refractivity contribution in [2.24, 2.45) is 11.8 Å². The van der Waals surface area contributed by atoms with E-state index in [9.17, 15) is 4.39 Å². The number of hydrogen-bond acceptors (Lipinski definition) is 0. The summed E-state index contributed by atoms with van der Waals surface area (Å²) < 4.78 is 16.2. The smallest absolute Gasteiger partial charge is 0.123 e. The molecule has 1 nitrogen and oxygen atoms in total. The Labute approximate surface area is 320 Å². The molecule has 4 aromatic carbocycles. The molecular weight excluding hydrogens is 658 g/mol. The van der Waals surface area contributed by atoms with Gasteiger partial charge >= 0.3 is 0 Å². The maximum atomic E-state index is 13.7. The molecule has 2 heteroatoms. The first-order valence-electron chi connectivity index (χ1n) is 19.9. The number of hydrogen-bond donors (Lipinski definition) is 0. The highest BCUT2D eigenvalue weighted by molar-refractivity contribution is 5.94. The van der Waals surface area contributed by atoms with E-state index >= 15 is 0 Å². The molecule has 0 aliphatic heterocycles. The number of para-hydroxylation sites is 2. The second kappa shape index (κ2) is 14.7. The quantitative estimate of drug-likeness (QED) is 0.151. The van der Waals surface area contributed by atoms with Gasteiger partial charge in [0.2, 0.25) is 0 Å². The number of rotatable bonds is 8. The van der Waals surface area contributed by atoms with E-state index in [1.54, 1.807) is 12.1 Å². The lowest BCUT2D eigenvalue weighted by Gasteiger charge is -2.32. The average Bonchev–Trinajstić information content (AvgIpc) is 3.56. The normalized spacial score (nSPS) is 21.5. The van der Waals surface area contributed by atoms with Crippen molar-refractivity contribution in [2.75, 3.05) is 0 Å². The van der Waals surface area contributed by atoms with Gasteiger partial charge in [0.15, 0.2) is 0 Å². The van der Waals surface area contributed by atoms with Gasteiger partial charge in [0.1, 0.15) is 5.82 Å². The fourth-order valence-corrected chi connectivity index (χ4v) is 9.41. The Kier molecular flexibility index (Phi) is 9.37. The molecule has 0 saturated heterocycles. The van der Waals surface area contributed by atoms with Crippen molar-refractivity contribution in [3.63, 3.8) is 0 Å². The Morgan fingerprint density at radius 2 is 1.50 bits per heavy atom. The average molecular weight is 706 g/mol. The van der Waals surface area contributed by atoms with Crippen LogP contribution in [0.5, 0.6) is 0 Å². The minimum absolute atomic E-state index is 0.201. The van der Waals surface area contributed by atoms with Crippen LogP contribution >= 0.6 is 0 Å². The van der Waals surface area contributed by atoms with Gasteiger partial charge in [-0.05, 0) is 126 Å². The monoisotopic (exact) mass is 705 g/mol. The summed E-state index contributed by atoms with van der Waals surface area (Å²) in [6.45, 7) is 4.80. The summed E-state index contributed by atoms with van der Waals surface area (Å²) in [5.74, 6) is 1.46. The molecule has 0 saturated carbocycles. The van der Waals surface area contributed by atoms with Gasteiger partial charge in [0.25, 0.3) is 0 Å². The zero-order chi connectivity index (χ0) is 36.6. The van der Waals surface area contributed by atoms with Crippen LogP contribution in [-0.2, 0) is 0 Å². The zero-order valence-electron chi connectivity index (χ0n) is 31.4. The SMILES string of the molecule is CC1CC(C2=CC=C([C@@H](CC3C=CC(C4=CC=CCC4)=CC3C)c3ccc(-c4ccc(F)cc4)cc3)CC2)=Cc2c1n(-c1ccccc1)c1ccccc21. The number of halogens is 1.